The van der Waals surface area contributed by atoms with Gasteiger partial charge in [0.25, 0.3) is 0 Å². The Bertz CT molecular complexity index is 181. The molecular weight excluding hydrogens is 202 g/mol. The average Bonchev–Trinajstić information content (AvgIpc) is 2.26. The molecule has 0 aliphatic heterocycles. The molecule has 0 saturated heterocycles. The quantitative estimate of drug-likeness (QED) is 0.598. The third-order valence-electron chi connectivity index (χ3n) is 2.77. The number of rotatable bonds is 9. The van der Waals surface area contributed by atoms with Gasteiger partial charge in [-0.2, -0.15) is 0 Å². The van der Waals surface area contributed by atoms with Gasteiger partial charge in [0.05, 0.1) is 6.54 Å². The molecule has 0 fully saturated rings. The normalized spacial score (nSPS) is 10.8. The smallest absolute Gasteiger partial charge is 0.236 e. The van der Waals surface area contributed by atoms with E-state index in [9.17, 15) is 4.79 Å². The van der Waals surface area contributed by atoms with Crippen molar-refractivity contribution in [1.29, 1.82) is 0 Å². The molecule has 0 aromatic heterocycles. The lowest BCUT2D eigenvalue weighted by atomic mass is 10.2. The molecule has 16 heavy (non-hydrogen) atoms. The van der Waals surface area contributed by atoms with Crippen LogP contribution in [-0.2, 0) is 4.79 Å². The van der Waals surface area contributed by atoms with Crippen molar-refractivity contribution in [3.63, 3.8) is 0 Å². The molecule has 0 aromatic carbocycles. The molecule has 0 aliphatic rings. The summed E-state index contributed by atoms with van der Waals surface area (Å²) in [5, 5.41) is 0. The van der Waals surface area contributed by atoms with Gasteiger partial charge in [-0.05, 0) is 46.8 Å². The largest absolute Gasteiger partial charge is 0.342 e. The van der Waals surface area contributed by atoms with Crippen LogP contribution in [0.25, 0.3) is 0 Å². The zero-order chi connectivity index (χ0) is 12.4. The summed E-state index contributed by atoms with van der Waals surface area (Å²) < 4.78 is 0. The number of amides is 1. The van der Waals surface area contributed by atoms with Gasteiger partial charge in [0.2, 0.25) is 5.91 Å². The number of unbranched alkanes of at least 4 members (excludes halogenated alkanes) is 2. The highest BCUT2D eigenvalue weighted by Crippen LogP contribution is 1.97. The Morgan fingerprint density at radius 1 is 1.12 bits per heavy atom. The number of nitrogens with two attached hydrogens (primary N) is 1. The topological polar surface area (TPSA) is 49.6 Å². The van der Waals surface area contributed by atoms with Crippen molar-refractivity contribution in [3.05, 3.63) is 0 Å². The van der Waals surface area contributed by atoms with E-state index in [0.717, 1.165) is 45.4 Å². The fourth-order valence-corrected chi connectivity index (χ4v) is 1.69. The number of hydrogen-bond donors (Lipinski definition) is 1. The standard InChI is InChI=1S/C12H27N3O/c1-4-15(5-2)12(16)11-14(3)10-8-6-7-9-13/h4-11,13H2,1-3H3. The maximum absolute atomic E-state index is 11.8. The maximum Gasteiger partial charge on any atom is 0.236 e. The van der Waals surface area contributed by atoms with Crippen molar-refractivity contribution >= 4 is 5.91 Å². The molecule has 0 aromatic rings. The predicted octanol–water partition coefficient (Wildman–Crippen LogP) is 0.916. The van der Waals surface area contributed by atoms with Crippen molar-refractivity contribution in [1.82, 2.24) is 9.80 Å². The summed E-state index contributed by atoms with van der Waals surface area (Å²) in [6, 6.07) is 0. The summed E-state index contributed by atoms with van der Waals surface area (Å²) in [6.45, 7) is 7.91. The molecule has 0 saturated carbocycles. The average molecular weight is 229 g/mol. The summed E-state index contributed by atoms with van der Waals surface area (Å²) in [4.78, 5) is 15.7. The van der Waals surface area contributed by atoms with Crippen LogP contribution in [0.1, 0.15) is 33.1 Å². The van der Waals surface area contributed by atoms with Gasteiger partial charge >= 0.3 is 0 Å². The van der Waals surface area contributed by atoms with Crippen LogP contribution < -0.4 is 5.73 Å². The lowest BCUT2D eigenvalue weighted by molar-refractivity contribution is -0.131. The van der Waals surface area contributed by atoms with Gasteiger partial charge in [0, 0.05) is 13.1 Å². The first kappa shape index (κ1) is 15.4. The minimum atomic E-state index is 0.228. The molecule has 0 rings (SSSR count). The molecule has 0 unspecified atom stereocenters. The van der Waals surface area contributed by atoms with Gasteiger partial charge in [0.1, 0.15) is 0 Å². The van der Waals surface area contributed by atoms with Crippen molar-refractivity contribution in [2.75, 3.05) is 39.8 Å². The zero-order valence-corrected chi connectivity index (χ0v) is 11.0. The van der Waals surface area contributed by atoms with Gasteiger partial charge in [-0.25, -0.2) is 0 Å². The monoisotopic (exact) mass is 229 g/mol. The van der Waals surface area contributed by atoms with Gasteiger partial charge < -0.3 is 10.6 Å². The second-order valence-electron chi connectivity index (χ2n) is 4.15. The van der Waals surface area contributed by atoms with Crippen molar-refractivity contribution < 1.29 is 4.79 Å². The van der Waals surface area contributed by atoms with Crippen LogP contribution >= 0.6 is 0 Å². The molecule has 0 bridgehead atoms. The van der Waals surface area contributed by atoms with Crippen LogP contribution in [-0.4, -0.2) is 55.5 Å². The SMILES string of the molecule is CCN(CC)C(=O)CN(C)CCCCCN. The maximum atomic E-state index is 11.8. The Morgan fingerprint density at radius 2 is 1.75 bits per heavy atom. The Labute approximate surface area is 99.8 Å². The first-order valence-electron chi connectivity index (χ1n) is 6.32. The van der Waals surface area contributed by atoms with Crippen molar-refractivity contribution in [2.45, 2.75) is 33.1 Å². The molecule has 1 amide bonds. The predicted molar refractivity (Wildman–Crippen MR) is 68.3 cm³/mol. The fourth-order valence-electron chi connectivity index (χ4n) is 1.69. The van der Waals surface area contributed by atoms with Crippen LogP contribution in [0.5, 0.6) is 0 Å². The Kier molecular flexibility index (Phi) is 9.24. The summed E-state index contributed by atoms with van der Waals surface area (Å²) >= 11 is 0. The summed E-state index contributed by atoms with van der Waals surface area (Å²) in [5.41, 5.74) is 5.43. The number of hydrogen-bond acceptors (Lipinski definition) is 3. The molecule has 4 heteroatoms. The van der Waals surface area contributed by atoms with E-state index < -0.39 is 0 Å². The van der Waals surface area contributed by atoms with E-state index >= 15 is 0 Å². The van der Waals surface area contributed by atoms with E-state index in [1.807, 2.05) is 25.8 Å². The summed E-state index contributed by atoms with van der Waals surface area (Å²) in [7, 11) is 2.00. The van der Waals surface area contributed by atoms with Gasteiger partial charge in [-0.1, -0.05) is 6.42 Å². The minimum absolute atomic E-state index is 0.228. The molecule has 96 valence electrons. The highest BCUT2D eigenvalue weighted by atomic mass is 16.2. The Balaban J connectivity index is 3.68. The number of nitrogens with zero attached hydrogens (tertiary/aromatic N) is 2. The minimum Gasteiger partial charge on any atom is -0.342 e. The molecule has 0 aliphatic carbocycles. The highest BCUT2D eigenvalue weighted by molar-refractivity contribution is 5.78. The summed E-state index contributed by atoms with van der Waals surface area (Å²) in [5.74, 6) is 0.228. The van der Waals surface area contributed by atoms with Gasteiger partial charge in [-0.3, -0.25) is 9.69 Å². The molecule has 0 atom stereocenters. The number of carbonyl (C=O) groups excluding carboxylic acids is 1. The summed E-state index contributed by atoms with van der Waals surface area (Å²) in [6.07, 6.45) is 3.36. The third-order valence-corrected chi connectivity index (χ3v) is 2.77. The van der Waals surface area contributed by atoms with Gasteiger partial charge in [0.15, 0.2) is 0 Å². The van der Waals surface area contributed by atoms with Gasteiger partial charge in [-0.15, -0.1) is 0 Å². The van der Waals surface area contributed by atoms with Crippen LogP contribution in [0, 0.1) is 0 Å². The second-order valence-corrected chi connectivity index (χ2v) is 4.15. The van der Waals surface area contributed by atoms with E-state index in [-0.39, 0.29) is 5.91 Å². The lowest BCUT2D eigenvalue weighted by Gasteiger charge is -2.22. The van der Waals surface area contributed by atoms with Crippen LogP contribution in [0.2, 0.25) is 0 Å². The molecule has 2 N–H and O–H groups in total. The van der Waals surface area contributed by atoms with Crippen molar-refractivity contribution in [3.8, 4) is 0 Å². The van der Waals surface area contributed by atoms with Crippen LogP contribution in [0.4, 0.5) is 0 Å². The third kappa shape index (κ3) is 6.80. The number of carbonyl (C=O) groups is 1. The van der Waals surface area contributed by atoms with E-state index in [2.05, 4.69) is 4.90 Å². The molecule has 4 nitrogen and oxygen atoms in total. The van der Waals surface area contributed by atoms with E-state index in [1.54, 1.807) is 0 Å². The van der Waals surface area contributed by atoms with E-state index in [4.69, 9.17) is 5.73 Å². The Hall–Kier alpha value is -0.610. The van der Waals surface area contributed by atoms with Crippen molar-refractivity contribution in [2.24, 2.45) is 5.73 Å². The molecule has 0 radical (unpaired) electrons. The second kappa shape index (κ2) is 9.60. The number of likely N-dealkylation sites (N-methyl/N-ethyl adjacent to an activating group) is 2. The zero-order valence-electron chi connectivity index (χ0n) is 11.0. The van der Waals surface area contributed by atoms with E-state index in [0.29, 0.717) is 6.54 Å². The Morgan fingerprint density at radius 3 is 2.25 bits per heavy atom. The fraction of sp³-hybridized carbons (Fsp3) is 0.917. The molecular formula is C12H27N3O. The first-order chi connectivity index (χ1) is 7.65. The lowest BCUT2D eigenvalue weighted by Crippen LogP contribution is -2.39. The van der Waals surface area contributed by atoms with Crippen LogP contribution in [0.15, 0.2) is 0 Å². The van der Waals surface area contributed by atoms with Crippen LogP contribution in [0.3, 0.4) is 0 Å². The molecule has 0 spiro atoms. The highest BCUT2D eigenvalue weighted by Gasteiger charge is 2.11. The van der Waals surface area contributed by atoms with E-state index in [1.165, 1.54) is 0 Å². The first-order valence-corrected chi connectivity index (χ1v) is 6.32. The molecule has 0 heterocycles.